The van der Waals surface area contributed by atoms with Gasteiger partial charge in [-0.05, 0) is 63.8 Å². The number of carbonyl (C=O) groups is 2. The number of ether oxygens (including phenoxy) is 1. The van der Waals surface area contributed by atoms with E-state index in [0.29, 0.717) is 5.02 Å². The molecule has 2 aliphatic heterocycles. The molecule has 38 heavy (non-hydrogen) atoms. The highest BCUT2D eigenvalue weighted by Crippen LogP contribution is 2.36. The Kier molecular flexibility index (Phi) is 8.30. The van der Waals surface area contributed by atoms with Crippen LogP contribution in [0, 0.1) is 0 Å². The predicted molar refractivity (Wildman–Crippen MR) is 146 cm³/mol. The fourth-order valence-electron chi connectivity index (χ4n) is 5.06. The van der Waals surface area contributed by atoms with Gasteiger partial charge in [0.15, 0.2) is 0 Å². The van der Waals surface area contributed by atoms with Gasteiger partial charge in [0.1, 0.15) is 28.9 Å². The van der Waals surface area contributed by atoms with Gasteiger partial charge in [-0.15, -0.1) is 0 Å². The Hall–Kier alpha value is -2.37. The molecule has 0 radical (unpaired) electrons. The molecule has 0 bridgehead atoms. The van der Waals surface area contributed by atoms with Gasteiger partial charge >= 0.3 is 0 Å². The Morgan fingerprint density at radius 1 is 1.00 bits per heavy atom. The molecule has 2 aliphatic rings. The Bertz CT molecular complexity index is 1320. The highest BCUT2D eigenvalue weighted by atomic mass is 35.5. The summed E-state index contributed by atoms with van der Waals surface area (Å²) in [4.78, 5) is 32.3. The van der Waals surface area contributed by atoms with E-state index in [2.05, 4.69) is 0 Å². The van der Waals surface area contributed by atoms with Crippen LogP contribution in [0.25, 0.3) is 0 Å². The zero-order chi connectivity index (χ0) is 27.9. The fraction of sp³-hybridized carbons (Fsp3) is 0.462. The summed E-state index contributed by atoms with van der Waals surface area (Å²) in [5, 5.41) is 0.793. The second-order valence-corrected chi connectivity index (χ2v) is 12.7. The SMILES string of the molecule is COc1ccc(Cl)cc1S(=O)(=O)N1CC(N(C)C)C(=O)N2C(Cc3ccc(Cl)cc3)C(=O)N(C(C)C)CC21. The number of carbonyl (C=O) groups excluding carboxylic acids is 2. The molecule has 3 atom stereocenters. The van der Waals surface area contributed by atoms with Crippen LogP contribution in [0.1, 0.15) is 19.4 Å². The molecular weight excluding hydrogens is 551 g/mol. The second-order valence-electron chi connectivity index (χ2n) is 10.0. The van der Waals surface area contributed by atoms with Gasteiger partial charge in [0.25, 0.3) is 0 Å². The molecule has 3 unspecified atom stereocenters. The summed E-state index contributed by atoms with van der Waals surface area (Å²) in [5.74, 6) is -0.374. The number of hydrogen-bond donors (Lipinski definition) is 0. The standard InChI is InChI=1S/C26H32Cl2N4O5S/c1-16(2)30-15-24-31(38(35,36)23-13-19(28)10-11-22(23)37-5)14-21(29(3)4)26(34)32(24)20(25(30)33)12-17-6-8-18(27)9-7-17/h6-11,13,16,20-21,24H,12,14-15H2,1-5H3. The number of hydrogen-bond acceptors (Lipinski definition) is 6. The summed E-state index contributed by atoms with van der Waals surface area (Å²) >= 11 is 12.3. The maximum absolute atomic E-state index is 14.2. The molecule has 0 N–H and O–H groups in total. The average Bonchev–Trinajstić information content (AvgIpc) is 2.86. The van der Waals surface area contributed by atoms with E-state index in [0.717, 1.165) is 5.56 Å². The van der Waals surface area contributed by atoms with E-state index in [9.17, 15) is 18.0 Å². The molecule has 12 heteroatoms. The molecule has 0 spiro atoms. The summed E-state index contributed by atoms with van der Waals surface area (Å²) in [5.41, 5.74) is 0.808. The van der Waals surface area contributed by atoms with Crippen molar-refractivity contribution in [2.45, 2.75) is 49.5 Å². The van der Waals surface area contributed by atoms with Crippen LogP contribution in [0.2, 0.25) is 10.0 Å². The maximum atomic E-state index is 14.2. The number of benzene rings is 2. The van der Waals surface area contributed by atoms with Crippen molar-refractivity contribution in [2.75, 3.05) is 34.3 Å². The van der Waals surface area contributed by atoms with E-state index < -0.39 is 28.3 Å². The number of piperazine rings is 1. The molecule has 206 valence electrons. The van der Waals surface area contributed by atoms with E-state index in [4.69, 9.17) is 27.9 Å². The lowest BCUT2D eigenvalue weighted by atomic mass is 9.96. The van der Waals surface area contributed by atoms with E-state index in [1.54, 1.807) is 42.1 Å². The molecule has 2 heterocycles. The van der Waals surface area contributed by atoms with Crippen molar-refractivity contribution >= 4 is 45.0 Å². The third-order valence-corrected chi connectivity index (χ3v) is 9.48. The average molecular weight is 584 g/mol. The minimum Gasteiger partial charge on any atom is -0.495 e. The van der Waals surface area contributed by atoms with E-state index in [-0.39, 0.29) is 53.0 Å². The van der Waals surface area contributed by atoms with Crippen LogP contribution in [0.3, 0.4) is 0 Å². The van der Waals surface area contributed by atoms with Gasteiger partial charge in [0.2, 0.25) is 21.8 Å². The van der Waals surface area contributed by atoms with E-state index >= 15 is 0 Å². The van der Waals surface area contributed by atoms with Crippen molar-refractivity contribution in [3.8, 4) is 5.75 Å². The van der Waals surface area contributed by atoms with Crippen molar-refractivity contribution in [1.82, 2.24) is 19.0 Å². The monoisotopic (exact) mass is 582 g/mol. The summed E-state index contributed by atoms with van der Waals surface area (Å²) < 4.78 is 35.1. The molecule has 2 fully saturated rings. The normalized spacial score (nSPS) is 22.8. The van der Waals surface area contributed by atoms with Gasteiger partial charge in [-0.1, -0.05) is 35.3 Å². The first kappa shape index (κ1) is 28.6. The summed E-state index contributed by atoms with van der Waals surface area (Å²) in [6.07, 6.45) is -0.694. The number of sulfonamides is 1. The molecule has 0 aromatic heterocycles. The van der Waals surface area contributed by atoms with Gasteiger partial charge in [-0.3, -0.25) is 14.5 Å². The van der Waals surface area contributed by atoms with Gasteiger partial charge in [-0.2, -0.15) is 4.31 Å². The Balaban J connectivity index is 1.86. The topological polar surface area (TPSA) is 90.5 Å². The zero-order valence-corrected chi connectivity index (χ0v) is 24.3. The summed E-state index contributed by atoms with van der Waals surface area (Å²) in [7, 11) is 0.612. The molecule has 2 saturated heterocycles. The molecule has 0 saturated carbocycles. The number of nitrogens with zero attached hydrogens (tertiary/aromatic N) is 4. The van der Waals surface area contributed by atoms with Crippen LogP contribution in [0.4, 0.5) is 0 Å². The number of fused-ring (bicyclic) bond motifs is 1. The van der Waals surface area contributed by atoms with E-state index in [1.807, 2.05) is 26.0 Å². The highest BCUT2D eigenvalue weighted by Gasteiger charge is 2.54. The molecule has 2 aromatic rings. The Morgan fingerprint density at radius 2 is 1.63 bits per heavy atom. The first-order valence-corrected chi connectivity index (χ1v) is 14.4. The minimum atomic E-state index is -4.21. The van der Waals surface area contributed by atoms with Crippen LogP contribution < -0.4 is 4.74 Å². The lowest BCUT2D eigenvalue weighted by Gasteiger charge is -2.54. The Morgan fingerprint density at radius 3 is 2.21 bits per heavy atom. The van der Waals surface area contributed by atoms with Crippen LogP contribution in [0.5, 0.6) is 5.75 Å². The fourth-order valence-corrected chi connectivity index (χ4v) is 7.18. The number of halogens is 2. The highest BCUT2D eigenvalue weighted by molar-refractivity contribution is 7.89. The van der Waals surface area contributed by atoms with Crippen LogP contribution in [-0.2, 0) is 26.0 Å². The van der Waals surface area contributed by atoms with Crippen molar-refractivity contribution in [3.63, 3.8) is 0 Å². The van der Waals surface area contributed by atoms with Crippen molar-refractivity contribution < 1.29 is 22.7 Å². The minimum absolute atomic E-state index is 0.0433. The number of amides is 2. The second kappa shape index (κ2) is 11.0. The molecule has 9 nitrogen and oxygen atoms in total. The quantitative estimate of drug-likeness (QED) is 0.498. The third-order valence-electron chi connectivity index (χ3n) is 7.11. The van der Waals surface area contributed by atoms with Crippen molar-refractivity contribution in [1.29, 1.82) is 0 Å². The Labute approximate surface area is 233 Å². The number of methoxy groups -OCH3 is 1. The van der Waals surface area contributed by atoms with Crippen LogP contribution in [-0.4, -0.2) is 97.8 Å². The summed E-state index contributed by atoms with van der Waals surface area (Å²) in [6, 6.07) is 9.57. The van der Waals surface area contributed by atoms with Gasteiger partial charge < -0.3 is 14.5 Å². The van der Waals surface area contributed by atoms with Crippen molar-refractivity contribution in [3.05, 3.63) is 58.1 Å². The first-order valence-electron chi connectivity index (χ1n) is 12.3. The van der Waals surface area contributed by atoms with Gasteiger partial charge in [-0.25, -0.2) is 8.42 Å². The molecular formula is C26H32Cl2N4O5S. The smallest absolute Gasteiger partial charge is 0.248 e. The van der Waals surface area contributed by atoms with Crippen molar-refractivity contribution in [2.24, 2.45) is 0 Å². The van der Waals surface area contributed by atoms with Crippen LogP contribution in [0.15, 0.2) is 47.4 Å². The predicted octanol–water partition coefficient (Wildman–Crippen LogP) is 2.95. The molecule has 2 aromatic carbocycles. The zero-order valence-electron chi connectivity index (χ0n) is 22.0. The lowest BCUT2D eigenvalue weighted by molar-refractivity contribution is -0.171. The van der Waals surface area contributed by atoms with E-state index in [1.165, 1.54) is 28.4 Å². The summed E-state index contributed by atoms with van der Waals surface area (Å²) in [6.45, 7) is 3.71. The molecule has 4 rings (SSSR count). The third kappa shape index (κ3) is 5.24. The molecule has 2 amide bonds. The largest absolute Gasteiger partial charge is 0.495 e. The maximum Gasteiger partial charge on any atom is 0.248 e. The van der Waals surface area contributed by atoms with Gasteiger partial charge in [0, 0.05) is 29.1 Å². The molecule has 0 aliphatic carbocycles. The first-order chi connectivity index (χ1) is 17.9. The van der Waals surface area contributed by atoms with Crippen LogP contribution >= 0.6 is 23.2 Å². The number of likely N-dealkylation sites (N-methyl/N-ethyl adjacent to an activating group) is 1. The number of rotatable bonds is 7. The lowest BCUT2D eigenvalue weighted by Crippen LogP contribution is -2.76. The van der Waals surface area contributed by atoms with Gasteiger partial charge in [0.05, 0.1) is 13.7 Å².